The predicted molar refractivity (Wildman–Crippen MR) is 176 cm³/mol. The van der Waals surface area contributed by atoms with Crippen molar-refractivity contribution in [2.24, 2.45) is 10.2 Å². The number of azo groups is 1. The van der Waals surface area contributed by atoms with Crippen LogP contribution in [-0.4, -0.2) is 26.7 Å². The maximum absolute atomic E-state index is 14.7. The van der Waals surface area contributed by atoms with Crippen molar-refractivity contribution >= 4 is 56.4 Å². The van der Waals surface area contributed by atoms with Crippen molar-refractivity contribution in [3.8, 4) is 0 Å². The Labute approximate surface area is 256 Å². The Hall–Kier alpha value is -4.64. The number of ether oxygens (including phenoxy) is 1. The second kappa shape index (κ2) is 16.1. The number of nitrogens with zero attached hydrogens (tertiary/aromatic N) is 3. The lowest BCUT2D eigenvalue weighted by atomic mass is 10.2. The fourth-order valence-corrected chi connectivity index (χ4v) is 4.72. The first kappa shape index (κ1) is 31.3. The lowest BCUT2D eigenvalue weighted by molar-refractivity contribution is 0.0503. The van der Waals surface area contributed by atoms with Crippen molar-refractivity contribution < 1.29 is 13.9 Å². The topological polar surface area (TPSA) is 102 Å². The van der Waals surface area contributed by atoms with Gasteiger partial charge in [0.25, 0.3) is 0 Å². The molecule has 4 N–H and O–H groups in total. The summed E-state index contributed by atoms with van der Waals surface area (Å²) in [6.07, 6.45) is 5.50. The number of benzene rings is 3. The van der Waals surface area contributed by atoms with Crippen LogP contribution in [0.25, 0.3) is 0 Å². The summed E-state index contributed by atoms with van der Waals surface area (Å²) in [5, 5.41) is 9.26. The molecular weight excluding hydrogens is 565 g/mol. The standard InChI is InChI=1S/C32H38FN7O2S/c1-4-5-6-7-8-21-42-32(41)30-19-20-31(43-30)39-37-26-15-18-29(28(33)22-26)38-36-24-11-9-23(10-12-24)34-35-25-13-16-27(17-14-25)40(2)3/h9-20,22,36-39H,4-8,21H2,1-3H3/b35-34+. The molecule has 4 aromatic rings. The van der Waals surface area contributed by atoms with Crippen LogP contribution in [0.1, 0.15) is 48.7 Å². The Morgan fingerprint density at radius 2 is 1.44 bits per heavy atom. The molecule has 0 aliphatic rings. The van der Waals surface area contributed by atoms with E-state index in [0.29, 0.717) is 27.9 Å². The normalized spacial score (nSPS) is 10.9. The Bertz CT molecular complexity index is 1470. The fourth-order valence-electron chi connectivity index (χ4n) is 3.97. The molecular formula is C32H38FN7O2S. The lowest BCUT2D eigenvalue weighted by Gasteiger charge is -2.13. The van der Waals surface area contributed by atoms with E-state index in [0.717, 1.165) is 36.3 Å². The van der Waals surface area contributed by atoms with Gasteiger partial charge in [-0.05, 0) is 79.2 Å². The minimum Gasteiger partial charge on any atom is -0.462 e. The average Bonchev–Trinajstić information content (AvgIpc) is 3.50. The van der Waals surface area contributed by atoms with Gasteiger partial charge in [-0.1, -0.05) is 32.6 Å². The Balaban J connectivity index is 1.20. The number of carbonyl (C=O) groups is 1. The Morgan fingerprint density at radius 1 is 0.791 bits per heavy atom. The molecule has 1 heterocycles. The number of unbranched alkanes of at least 4 members (excludes halogenated alkanes) is 4. The molecule has 3 aromatic carbocycles. The third-order valence-corrected chi connectivity index (χ3v) is 7.42. The number of nitrogens with one attached hydrogen (secondary N) is 4. The number of rotatable bonds is 16. The van der Waals surface area contributed by atoms with Crippen LogP contribution < -0.4 is 26.6 Å². The van der Waals surface area contributed by atoms with Crippen molar-refractivity contribution in [3.63, 3.8) is 0 Å². The summed E-state index contributed by atoms with van der Waals surface area (Å²) >= 11 is 1.27. The second-order valence-electron chi connectivity index (χ2n) is 10.1. The SMILES string of the molecule is CCCCCCCOC(=O)c1ccc(NNc2ccc(NNc3ccc(/N=N/c4ccc(N(C)C)cc4)cc3)c(F)c2)s1. The number of hydrogen-bond donors (Lipinski definition) is 4. The lowest BCUT2D eigenvalue weighted by Crippen LogP contribution is -2.11. The van der Waals surface area contributed by atoms with Crippen LogP contribution >= 0.6 is 11.3 Å². The van der Waals surface area contributed by atoms with E-state index in [2.05, 4.69) is 38.9 Å². The smallest absolute Gasteiger partial charge is 0.348 e. The van der Waals surface area contributed by atoms with Crippen molar-refractivity contribution in [3.05, 3.63) is 89.6 Å². The zero-order valence-corrected chi connectivity index (χ0v) is 25.5. The molecule has 0 saturated carbocycles. The highest BCUT2D eigenvalue weighted by atomic mass is 32.1. The Kier molecular flexibility index (Phi) is 11.7. The van der Waals surface area contributed by atoms with Gasteiger partial charge in [0.05, 0.1) is 35.0 Å². The van der Waals surface area contributed by atoms with Crippen molar-refractivity contribution in [1.29, 1.82) is 0 Å². The molecule has 43 heavy (non-hydrogen) atoms. The molecule has 0 fully saturated rings. The zero-order valence-electron chi connectivity index (χ0n) is 24.7. The Morgan fingerprint density at radius 3 is 2.12 bits per heavy atom. The molecule has 0 atom stereocenters. The summed E-state index contributed by atoms with van der Waals surface area (Å²) in [5.74, 6) is -0.771. The molecule has 0 saturated heterocycles. The van der Waals surface area contributed by atoms with Gasteiger partial charge >= 0.3 is 5.97 Å². The summed E-state index contributed by atoms with van der Waals surface area (Å²) in [5.41, 5.74) is 16.0. The van der Waals surface area contributed by atoms with Gasteiger partial charge in [-0.25, -0.2) is 9.18 Å². The zero-order chi connectivity index (χ0) is 30.4. The summed E-state index contributed by atoms with van der Waals surface area (Å²) in [7, 11) is 3.97. The number of carbonyl (C=O) groups excluding carboxylic acids is 1. The van der Waals surface area contributed by atoms with Crippen LogP contribution in [0.15, 0.2) is 89.1 Å². The maximum Gasteiger partial charge on any atom is 0.348 e. The van der Waals surface area contributed by atoms with E-state index in [1.165, 1.54) is 30.2 Å². The number of halogens is 1. The molecule has 0 spiro atoms. The van der Waals surface area contributed by atoms with E-state index in [4.69, 9.17) is 4.74 Å². The molecule has 0 amide bonds. The molecule has 0 unspecified atom stereocenters. The third-order valence-electron chi connectivity index (χ3n) is 6.44. The van der Waals surface area contributed by atoms with E-state index in [9.17, 15) is 9.18 Å². The quantitative estimate of drug-likeness (QED) is 0.0438. The number of hydrogen-bond acceptors (Lipinski definition) is 10. The number of hydrazine groups is 2. The van der Waals surface area contributed by atoms with Gasteiger partial charge in [-0.15, -0.1) is 11.3 Å². The van der Waals surface area contributed by atoms with E-state index >= 15 is 0 Å². The monoisotopic (exact) mass is 603 g/mol. The van der Waals surface area contributed by atoms with Gasteiger partial charge in [0, 0.05) is 25.8 Å². The summed E-state index contributed by atoms with van der Waals surface area (Å²) in [6, 6.07) is 23.3. The number of esters is 1. The van der Waals surface area contributed by atoms with Crippen LogP contribution in [0.4, 0.5) is 43.5 Å². The first-order chi connectivity index (χ1) is 20.9. The molecule has 0 aliphatic heterocycles. The van der Waals surface area contributed by atoms with E-state index in [-0.39, 0.29) is 11.7 Å². The predicted octanol–water partition coefficient (Wildman–Crippen LogP) is 9.37. The summed E-state index contributed by atoms with van der Waals surface area (Å²) < 4.78 is 20.1. The first-order valence-electron chi connectivity index (χ1n) is 14.3. The molecule has 4 rings (SSSR count). The van der Waals surface area contributed by atoms with Crippen LogP contribution in [0.2, 0.25) is 0 Å². The van der Waals surface area contributed by atoms with E-state index < -0.39 is 5.82 Å². The molecule has 11 heteroatoms. The molecule has 9 nitrogen and oxygen atoms in total. The molecule has 1 aromatic heterocycles. The first-order valence-corrected chi connectivity index (χ1v) is 15.1. The average molecular weight is 604 g/mol. The highest BCUT2D eigenvalue weighted by Crippen LogP contribution is 2.26. The molecule has 0 radical (unpaired) electrons. The second-order valence-corrected chi connectivity index (χ2v) is 11.2. The third kappa shape index (κ3) is 10.00. The van der Waals surface area contributed by atoms with Gasteiger partial charge in [0.15, 0.2) is 0 Å². The van der Waals surface area contributed by atoms with Gasteiger partial charge in [-0.3, -0.25) is 10.9 Å². The summed E-state index contributed by atoms with van der Waals surface area (Å²) in [4.78, 5) is 14.8. The van der Waals surface area contributed by atoms with Gasteiger partial charge in [0.2, 0.25) is 0 Å². The van der Waals surface area contributed by atoms with Crippen molar-refractivity contribution in [2.75, 3.05) is 47.3 Å². The molecule has 0 bridgehead atoms. The summed E-state index contributed by atoms with van der Waals surface area (Å²) in [6.45, 7) is 2.60. The fraction of sp³-hybridized carbons (Fsp3) is 0.281. The van der Waals surface area contributed by atoms with Gasteiger partial charge < -0.3 is 20.5 Å². The van der Waals surface area contributed by atoms with Crippen LogP contribution in [0.3, 0.4) is 0 Å². The highest BCUT2D eigenvalue weighted by molar-refractivity contribution is 7.17. The minimum atomic E-state index is -0.445. The van der Waals surface area contributed by atoms with E-state index in [1.807, 2.05) is 67.5 Å². The van der Waals surface area contributed by atoms with Gasteiger partial charge in [-0.2, -0.15) is 10.2 Å². The van der Waals surface area contributed by atoms with Crippen molar-refractivity contribution in [2.45, 2.75) is 39.0 Å². The maximum atomic E-state index is 14.7. The number of thiophene rings is 1. The van der Waals surface area contributed by atoms with E-state index in [1.54, 1.807) is 24.3 Å². The van der Waals surface area contributed by atoms with Crippen LogP contribution in [-0.2, 0) is 4.74 Å². The van der Waals surface area contributed by atoms with Gasteiger partial charge in [0.1, 0.15) is 15.7 Å². The van der Waals surface area contributed by atoms with Crippen LogP contribution in [0, 0.1) is 5.82 Å². The minimum absolute atomic E-state index is 0.284. The highest BCUT2D eigenvalue weighted by Gasteiger charge is 2.11. The van der Waals surface area contributed by atoms with Crippen molar-refractivity contribution in [1.82, 2.24) is 0 Å². The molecule has 0 aliphatic carbocycles. The largest absolute Gasteiger partial charge is 0.462 e. The molecule has 226 valence electrons. The number of anilines is 5. The van der Waals surface area contributed by atoms with Crippen LogP contribution in [0.5, 0.6) is 0 Å².